The average Bonchev–Trinajstić information content (AvgIpc) is 3.23. The summed E-state index contributed by atoms with van der Waals surface area (Å²) >= 11 is 1.22. The molecule has 2 heterocycles. The van der Waals surface area contributed by atoms with Crippen molar-refractivity contribution in [1.82, 2.24) is 15.6 Å². The van der Waals surface area contributed by atoms with Gasteiger partial charge in [-0.25, -0.2) is 14.6 Å². The van der Waals surface area contributed by atoms with Gasteiger partial charge in [-0.05, 0) is 12.1 Å². The number of nitrogens with zero attached hydrogens (tertiary/aromatic N) is 1. The maximum Gasteiger partial charge on any atom is 0.358 e. The Labute approximate surface area is 176 Å². The van der Waals surface area contributed by atoms with Gasteiger partial charge in [0.05, 0.1) is 6.54 Å². The predicted molar refractivity (Wildman–Crippen MR) is 109 cm³/mol. The van der Waals surface area contributed by atoms with Crippen LogP contribution in [0.4, 0.5) is 9.93 Å². The fourth-order valence-corrected chi connectivity index (χ4v) is 3.08. The third-order valence-corrected chi connectivity index (χ3v) is 4.56. The number of ether oxygens (including phenoxy) is 3. The largest absolute Gasteiger partial charge is 0.486 e. The number of aromatic nitrogens is 1. The third kappa shape index (κ3) is 5.95. The normalized spacial score (nSPS) is 14.3. The van der Waals surface area contributed by atoms with E-state index in [1.54, 1.807) is 18.2 Å². The van der Waals surface area contributed by atoms with Crippen LogP contribution in [-0.4, -0.2) is 55.3 Å². The van der Waals surface area contributed by atoms with Crippen molar-refractivity contribution in [3.8, 4) is 11.5 Å². The number of benzene rings is 1. The first-order chi connectivity index (χ1) is 14.5. The maximum atomic E-state index is 11.9. The molecule has 0 bridgehead atoms. The van der Waals surface area contributed by atoms with E-state index >= 15 is 0 Å². The maximum absolute atomic E-state index is 11.9. The van der Waals surface area contributed by atoms with Gasteiger partial charge in [0.15, 0.2) is 35.0 Å². The van der Waals surface area contributed by atoms with E-state index in [9.17, 15) is 14.4 Å². The number of nitrogens with one attached hydrogen (secondary N) is 3. The van der Waals surface area contributed by atoms with Crippen LogP contribution in [0.2, 0.25) is 0 Å². The first-order valence-corrected chi connectivity index (χ1v) is 9.86. The monoisotopic (exact) mass is 432 g/mol. The molecule has 3 amide bonds. The Bertz CT molecular complexity index is 931. The smallest absolute Gasteiger partial charge is 0.358 e. The Balaban J connectivity index is 1.35. The second-order valence-electron chi connectivity index (χ2n) is 6.04. The summed E-state index contributed by atoms with van der Waals surface area (Å²) in [6, 6.07) is 6.47. The van der Waals surface area contributed by atoms with E-state index < -0.39 is 30.6 Å². The summed E-state index contributed by atoms with van der Waals surface area (Å²) in [4.78, 5) is 39.6. The summed E-state index contributed by atoms with van der Waals surface area (Å²) in [6.07, 6.45) is 1.26. The number of amides is 3. The van der Waals surface area contributed by atoms with Crippen LogP contribution < -0.4 is 25.4 Å². The number of para-hydroxylation sites is 2. The van der Waals surface area contributed by atoms with E-state index in [1.165, 1.54) is 16.7 Å². The summed E-state index contributed by atoms with van der Waals surface area (Å²) in [7, 11) is 0. The molecule has 0 fully saturated rings. The number of fused-ring (bicyclic) bond motifs is 1. The molecule has 1 aromatic carbocycles. The van der Waals surface area contributed by atoms with Gasteiger partial charge in [-0.15, -0.1) is 17.9 Å². The number of thiazole rings is 1. The quantitative estimate of drug-likeness (QED) is 0.424. The van der Waals surface area contributed by atoms with Crippen LogP contribution in [0.3, 0.4) is 0 Å². The van der Waals surface area contributed by atoms with Crippen molar-refractivity contribution < 1.29 is 28.6 Å². The van der Waals surface area contributed by atoms with Gasteiger partial charge in [0.1, 0.15) is 6.61 Å². The highest BCUT2D eigenvalue weighted by Gasteiger charge is 2.21. The number of hydrogen-bond donors (Lipinski definition) is 3. The predicted octanol–water partition coefficient (Wildman–Crippen LogP) is 1.56. The lowest BCUT2D eigenvalue weighted by Crippen LogP contribution is -2.46. The van der Waals surface area contributed by atoms with Crippen LogP contribution in [-0.2, 0) is 9.53 Å². The number of anilines is 1. The molecule has 1 aliphatic rings. The zero-order valence-electron chi connectivity index (χ0n) is 15.9. The van der Waals surface area contributed by atoms with E-state index in [-0.39, 0.29) is 18.8 Å². The minimum atomic E-state index is -0.771. The number of imide groups is 1. The van der Waals surface area contributed by atoms with Crippen molar-refractivity contribution in [3.05, 3.63) is 48.0 Å². The molecule has 3 rings (SSSR count). The fraction of sp³-hybridized carbons (Fsp3) is 0.263. The van der Waals surface area contributed by atoms with Crippen molar-refractivity contribution in [2.45, 2.75) is 6.10 Å². The van der Waals surface area contributed by atoms with Crippen LogP contribution in [0, 0.1) is 0 Å². The van der Waals surface area contributed by atoms with E-state index in [1.807, 2.05) is 12.1 Å². The highest BCUT2D eigenvalue weighted by Crippen LogP contribution is 2.30. The van der Waals surface area contributed by atoms with Gasteiger partial charge in [0, 0.05) is 11.9 Å². The lowest BCUT2D eigenvalue weighted by atomic mass is 10.2. The first kappa shape index (κ1) is 21.1. The highest BCUT2D eigenvalue weighted by atomic mass is 32.1. The van der Waals surface area contributed by atoms with Gasteiger partial charge in [0.2, 0.25) is 0 Å². The van der Waals surface area contributed by atoms with Gasteiger partial charge < -0.3 is 24.8 Å². The van der Waals surface area contributed by atoms with Gasteiger partial charge in [-0.3, -0.25) is 10.1 Å². The molecule has 158 valence electrons. The van der Waals surface area contributed by atoms with Crippen molar-refractivity contribution in [2.75, 3.05) is 31.6 Å². The molecule has 30 heavy (non-hydrogen) atoms. The summed E-state index contributed by atoms with van der Waals surface area (Å²) < 4.78 is 16.1. The van der Waals surface area contributed by atoms with Crippen LogP contribution in [0.15, 0.2) is 42.3 Å². The lowest BCUT2D eigenvalue weighted by Gasteiger charge is -2.26. The Morgan fingerprint density at radius 2 is 2.10 bits per heavy atom. The zero-order valence-corrected chi connectivity index (χ0v) is 16.7. The van der Waals surface area contributed by atoms with Gasteiger partial charge in [-0.2, -0.15) is 0 Å². The topological polar surface area (TPSA) is 128 Å². The van der Waals surface area contributed by atoms with Crippen LogP contribution >= 0.6 is 11.3 Å². The molecule has 10 nitrogen and oxygen atoms in total. The second-order valence-corrected chi connectivity index (χ2v) is 6.90. The fourth-order valence-electron chi connectivity index (χ4n) is 2.39. The number of carbonyl (C=O) groups excluding carboxylic acids is 3. The molecule has 1 aromatic heterocycles. The Morgan fingerprint density at radius 3 is 2.90 bits per heavy atom. The van der Waals surface area contributed by atoms with E-state index in [0.717, 1.165) is 0 Å². The summed E-state index contributed by atoms with van der Waals surface area (Å²) in [5.74, 6) is -0.310. The standard InChI is InChI=1S/C19H20N4O6S/c1-2-7-20-19-22-13(11-30-19)17(25)28-10-16(24)23-18(26)21-8-12-9-27-14-5-3-4-6-15(14)29-12/h2-6,11-12H,1,7-10H2,(H,20,22)(H2,21,23,24,26). The van der Waals surface area contributed by atoms with E-state index in [4.69, 9.17) is 14.2 Å². The van der Waals surface area contributed by atoms with Gasteiger partial charge in [0.25, 0.3) is 5.91 Å². The van der Waals surface area contributed by atoms with E-state index in [2.05, 4.69) is 27.5 Å². The molecule has 11 heteroatoms. The lowest BCUT2D eigenvalue weighted by molar-refractivity contribution is -0.123. The highest BCUT2D eigenvalue weighted by molar-refractivity contribution is 7.13. The summed E-state index contributed by atoms with van der Waals surface area (Å²) in [5.41, 5.74) is 0.0681. The Kier molecular flexibility index (Phi) is 7.22. The van der Waals surface area contributed by atoms with Crippen molar-refractivity contribution in [3.63, 3.8) is 0 Å². The molecule has 1 aliphatic heterocycles. The molecule has 0 saturated carbocycles. The van der Waals surface area contributed by atoms with Crippen LogP contribution in [0.1, 0.15) is 10.5 Å². The average molecular weight is 432 g/mol. The molecule has 0 spiro atoms. The van der Waals surface area contributed by atoms with Crippen molar-refractivity contribution >= 4 is 34.4 Å². The first-order valence-electron chi connectivity index (χ1n) is 8.98. The number of hydrogen-bond acceptors (Lipinski definition) is 9. The number of urea groups is 1. The number of rotatable bonds is 8. The molecule has 0 radical (unpaired) electrons. The second kappa shape index (κ2) is 10.3. The molecule has 0 aliphatic carbocycles. The van der Waals surface area contributed by atoms with Crippen LogP contribution in [0.5, 0.6) is 11.5 Å². The molecule has 1 unspecified atom stereocenters. The molecule has 2 aromatic rings. The molecular formula is C19H20N4O6S. The molecule has 0 saturated heterocycles. The van der Waals surface area contributed by atoms with Crippen LogP contribution in [0.25, 0.3) is 0 Å². The zero-order chi connectivity index (χ0) is 21.3. The third-order valence-electron chi connectivity index (χ3n) is 3.76. The Morgan fingerprint density at radius 1 is 1.30 bits per heavy atom. The summed E-state index contributed by atoms with van der Waals surface area (Å²) in [6.45, 7) is 3.86. The van der Waals surface area contributed by atoms with Crippen molar-refractivity contribution in [1.29, 1.82) is 0 Å². The molecule has 3 N–H and O–H groups in total. The molecular weight excluding hydrogens is 412 g/mol. The van der Waals surface area contributed by atoms with Gasteiger partial charge >= 0.3 is 12.0 Å². The summed E-state index contributed by atoms with van der Waals surface area (Å²) in [5, 5.41) is 9.56. The number of carbonyl (C=O) groups is 3. The minimum Gasteiger partial charge on any atom is -0.486 e. The Hall–Kier alpha value is -3.60. The van der Waals surface area contributed by atoms with Crippen molar-refractivity contribution in [2.24, 2.45) is 0 Å². The van der Waals surface area contributed by atoms with E-state index in [0.29, 0.717) is 23.2 Å². The number of esters is 1. The van der Waals surface area contributed by atoms with Gasteiger partial charge in [-0.1, -0.05) is 18.2 Å². The SMILES string of the molecule is C=CCNc1nc(C(=O)OCC(=O)NC(=O)NCC2COc3ccccc3O2)cs1. The minimum absolute atomic E-state index is 0.0681. The molecule has 1 atom stereocenters.